The van der Waals surface area contributed by atoms with E-state index in [0.717, 1.165) is 17.8 Å². The van der Waals surface area contributed by atoms with Gasteiger partial charge in [-0.05, 0) is 29.8 Å². The molecule has 20 heavy (non-hydrogen) atoms. The molecule has 2 aromatic rings. The monoisotopic (exact) mass is 273 g/mol. The van der Waals surface area contributed by atoms with Gasteiger partial charge < -0.3 is 11.1 Å². The van der Waals surface area contributed by atoms with Gasteiger partial charge in [-0.15, -0.1) is 0 Å². The van der Waals surface area contributed by atoms with Crippen LogP contribution < -0.4 is 11.1 Å². The van der Waals surface area contributed by atoms with Crippen LogP contribution in [0, 0.1) is 5.95 Å². The molecule has 0 bridgehead atoms. The summed E-state index contributed by atoms with van der Waals surface area (Å²) in [5.41, 5.74) is 6.67. The molecule has 1 heterocycles. The molecule has 0 unspecified atom stereocenters. The number of rotatable bonds is 4. The van der Waals surface area contributed by atoms with Crippen molar-refractivity contribution in [2.75, 3.05) is 5.32 Å². The highest BCUT2D eigenvalue weighted by atomic mass is 19.1. The van der Waals surface area contributed by atoms with E-state index in [1.165, 1.54) is 6.07 Å². The number of aromatic nitrogens is 1. The van der Waals surface area contributed by atoms with Crippen molar-refractivity contribution in [1.29, 1.82) is 0 Å². The molecule has 0 spiro atoms. The number of halogens is 1. The highest BCUT2D eigenvalue weighted by molar-refractivity contribution is 6.04. The zero-order valence-corrected chi connectivity index (χ0v) is 10.5. The number of hydrogen-bond donors (Lipinski definition) is 2. The summed E-state index contributed by atoms with van der Waals surface area (Å²) >= 11 is 0. The van der Waals surface area contributed by atoms with Crippen LogP contribution in [0.4, 0.5) is 10.1 Å². The molecule has 2 amide bonds. The lowest BCUT2D eigenvalue weighted by molar-refractivity contribution is -0.117. The van der Waals surface area contributed by atoms with Crippen LogP contribution in [0.2, 0.25) is 0 Å². The topological polar surface area (TPSA) is 85.1 Å². The van der Waals surface area contributed by atoms with Crippen molar-refractivity contribution >= 4 is 17.5 Å². The number of carbonyl (C=O) groups is 2. The minimum Gasteiger partial charge on any atom is -0.369 e. The Kier molecular flexibility index (Phi) is 4.05. The molecule has 0 atom stereocenters. The number of nitrogens with one attached hydrogen (secondary N) is 1. The lowest BCUT2D eigenvalue weighted by Gasteiger charge is -2.06. The summed E-state index contributed by atoms with van der Waals surface area (Å²) in [5.74, 6) is -1.45. The smallest absolute Gasteiger partial charge is 0.257 e. The highest BCUT2D eigenvalue weighted by Crippen LogP contribution is 2.11. The standard InChI is InChI=1S/C14H12FN3O2/c15-12-6-3-10(8-17-12)14(20)18-11-4-1-9(2-5-11)7-13(16)19/h1-6,8H,7H2,(H2,16,19)(H,18,20). The molecule has 0 fully saturated rings. The van der Waals surface area contributed by atoms with Crippen molar-refractivity contribution in [2.24, 2.45) is 5.73 Å². The summed E-state index contributed by atoms with van der Waals surface area (Å²) in [6, 6.07) is 9.18. The molecule has 6 heteroatoms. The fourth-order valence-corrected chi connectivity index (χ4v) is 1.62. The van der Waals surface area contributed by atoms with Gasteiger partial charge in [0.15, 0.2) is 0 Å². The number of carbonyl (C=O) groups excluding carboxylic acids is 2. The van der Waals surface area contributed by atoms with Gasteiger partial charge in [-0.3, -0.25) is 9.59 Å². The first kappa shape index (κ1) is 13.7. The maximum absolute atomic E-state index is 12.6. The number of nitrogens with zero attached hydrogens (tertiary/aromatic N) is 1. The SMILES string of the molecule is NC(=O)Cc1ccc(NC(=O)c2ccc(F)nc2)cc1. The first-order chi connectivity index (χ1) is 9.54. The fraction of sp³-hybridized carbons (Fsp3) is 0.0714. The van der Waals surface area contributed by atoms with Crippen LogP contribution >= 0.6 is 0 Å². The summed E-state index contributed by atoms with van der Waals surface area (Å²) < 4.78 is 12.6. The van der Waals surface area contributed by atoms with Gasteiger partial charge in [-0.2, -0.15) is 4.39 Å². The van der Waals surface area contributed by atoms with Crippen LogP contribution in [0.25, 0.3) is 0 Å². The van der Waals surface area contributed by atoms with Gasteiger partial charge in [0.2, 0.25) is 11.9 Å². The van der Waals surface area contributed by atoms with Crippen LogP contribution in [-0.4, -0.2) is 16.8 Å². The zero-order chi connectivity index (χ0) is 14.5. The van der Waals surface area contributed by atoms with Crippen LogP contribution in [0.5, 0.6) is 0 Å². The maximum atomic E-state index is 12.6. The molecule has 2 rings (SSSR count). The molecule has 0 saturated carbocycles. The Morgan fingerprint density at radius 1 is 1.15 bits per heavy atom. The van der Waals surface area contributed by atoms with E-state index in [4.69, 9.17) is 5.73 Å². The Balaban J connectivity index is 2.04. The molecule has 0 aliphatic carbocycles. The molecule has 1 aromatic carbocycles. The molecule has 0 radical (unpaired) electrons. The number of nitrogens with two attached hydrogens (primary N) is 1. The number of benzene rings is 1. The van der Waals surface area contributed by atoms with Gasteiger partial charge in [0.05, 0.1) is 12.0 Å². The average Bonchev–Trinajstić information content (AvgIpc) is 2.41. The predicted molar refractivity (Wildman–Crippen MR) is 71.5 cm³/mol. The summed E-state index contributed by atoms with van der Waals surface area (Å²) in [4.78, 5) is 26.0. The van der Waals surface area contributed by atoms with Crippen LogP contribution in [0.15, 0.2) is 42.6 Å². The third kappa shape index (κ3) is 3.61. The summed E-state index contributed by atoms with van der Waals surface area (Å²) in [6.45, 7) is 0. The van der Waals surface area contributed by atoms with Crippen LogP contribution in [0.3, 0.4) is 0 Å². The summed E-state index contributed by atoms with van der Waals surface area (Å²) in [6.07, 6.45) is 1.31. The quantitative estimate of drug-likeness (QED) is 0.828. The second kappa shape index (κ2) is 5.92. The van der Waals surface area contributed by atoms with Crippen molar-refractivity contribution in [3.63, 3.8) is 0 Å². The van der Waals surface area contributed by atoms with Crippen molar-refractivity contribution < 1.29 is 14.0 Å². The van der Waals surface area contributed by atoms with Crippen molar-refractivity contribution in [3.8, 4) is 0 Å². The van der Waals surface area contributed by atoms with Gasteiger partial charge in [-0.25, -0.2) is 4.98 Å². The molecule has 3 N–H and O–H groups in total. The number of amides is 2. The minimum absolute atomic E-state index is 0.149. The van der Waals surface area contributed by atoms with E-state index < -0.39 is 11.9 Å². The molecule has 1 aromatic heterocycles. The molecule has 0 saturated heterocycles. The first-order valence-electron chi connectivity index (χ1n) is 5.85. The largest absolute Gasteiger partial charge is 0.369 e. The molecule has 5 nitrogen and oxygen atoms in total. The summed E-state index contributed by atoms with van der Waals surface area (Å²) in [5, 5.41) is 2.64. The number of hydrogen-bond acceptors (Lipinski definition) is 3. The Labute approximate surface area is 114 Å². The molecular weight excluding hydrogens is 261 g/mol. The zero-order valence-electron chi connectivity index (χ0n) is 10.5. The van der Waals surface area contributed by atoms with E-state index in [0.29, 0.717) is 5.69 Å². The van der Waals surface area contributed by atoms with E-state index in [-0.39, 0.29) is 17.9 Å². The number of anilines is 1. The maximum Gasteiger partial charge on any atom is 0.257 e. The minimum atomic E-state index is -0.641. The van der Waals surface area contributed by atoms with Gasteiger partial charge in [-0.1, -0.05) is 12.1 Å². The number of pyridine rings is 1. The van der Waals surface area contributed by atoms with E-state index >= 15 is 0 Å². The Morgan fingerprint density at radius 2 is 1.85 bits per heavy atom. The second-order valence-corrected chi connectivity index (χ2v) is 4.16. The van der Waals surface area contributed by atoms with Crippen LogP contribution in [0.1, 0.15) is 15.9 Å². The Morgan fingerprint density at radius 3 is 2.40 bits per heavy atom. The van der Waals surface area contributed by atoms with E-state index in [2.05, 4.69) is 10.3 Å². The predicted octanol–water partition coefficient (Wildman–Crippen LogP) is 1.50. The van der Waals surface area contributed by atoms with E-state index in [1.54, 1.807) is 24.3 Å². The van der Waals surface area contributed by atoms with Gasteiger partial charge in [0.1, 0.15) is 0 Å². The third-order valence-corrected chi connectivity index (χ3v) is 2.58. The lowest BCUT2D eigenvalue weighted by Crippen LogP contribution is -2.14. The van der Waals surface area contributed by atoms with Gasteiger partial charge >= 0.3 is 0 Å². The molecular formula is C14H12FN3O2. The van der Waals surface area contributed by atoms with Crippen molar-refractivity contribution in [2.45, 2.75) is 6.42 Å². The van der Waals surface area contributed by atoms with Crippen LogP contribution in [-0.2, 0) is 11.2 Å². The normalized spacial score (nSPS) is 10.1. The highest BCUT2D eigenvalue weighted by Gasteiger charge is 2.07. The first-order valence-corrected chi connectivity index (χ1v) is 5.85. The Bertz CT molecular complexity index is 624. The lowest BCUT2D eigenvalue weighted by atomic mass is 10.1. The Hall–Kier alpha value is -2.76. The average molecular weight is 273 g/mol. The molecule has 0 aliphatic heterocycles. The van der Waals surface area contributed by atoms with Crippen molar-refractivity contribution in [1.82, 2.24) is 4.98 Å². The second-order valence-electron chi connectivity index (χ2n) is 4.16. The third-order valence-electron chi connectivity index (χ3n) is 2.58. The molecule has 0 aliphatic rings. The van der Waals surface area contributed by atoms with E-state index in [1.807, 2.05) is 0 Å². The molecule has 102 valence electrons. The summed E-state index contributed by atoms with van der Waals surface area (Å²) in [7, 11) is 0. The number of primary amides is 1. The van der Waals surface area contributed by atoms with Gasteiger partial charge in [0.25, 0.3) is 5.91 Å². The van der Waals surface area contributed by atoms with Crippen molar-refractivity contribution in [3.05, 3.63) is 59.7 Å². The van der Waals surface area contributed by atoms with E-state index in [9.17, 15) is 14.0 Å². The fourth-order valence-electron chi connectivity index (χ4n) is 1.62. The van der Waals surface area contributed by atoms with Gasteiger partial charge in [0, 0.05) is 11.9 Å².